The molecule has 2 aliphatic heterocycles. The molecule has 4 aromatic carbocycles. The van der Waals surface area contributed by atoms with Crippen molar-refractivity contribution in [2.24, 2.45) is 0 Å². The van der Waals surface area contributed by atoms with Gasteiger partial charge in [-0.3, -0.25) is 9.80 Å². The van der Waals surface area contributed by atoms with Crippen molar-refractivity contribution in [1.82, 2.24) is 9.80 Å². The van der Waals surface area contributed by atoms with Crippen LogP contribution in [0.1, 0.15) is 45.5 Å². The smallest absolute Gasteiger partial charge is 0.204 e. The second kappa shape index (κ2) is 14.2. The van der Waals surface area contributed by atoms with Crippen LogP contribution in [0.15, 0.2) is 36.4 Å². The minimum atomic E-state index is -0.0175. The molecule has 0 saturated carbocycles. The molecule has 1 N–H and O–H groups in total. The fraction of sp³-hybridized carbons (Fsp3) is 0.415. The van der Waals surface area contributed by atoms with E-state index in [2.05, 4.69) is 30.0 Å². The van der Waals surface area contributed by atoms with Crippen LogP contribution in [0.5, 0.6) is 57.5 Å². The zero-order valence-corrected chi connectivity index (χ0v) is 31.5. The van der Waals surface area contributed by atoms with Crippen LogP contribution in [-0.2, 0) is 25.7 Å². The third-order valence-corrected chi connectivity index (χ3v) is 11.0. The summed E-state index contributed by atoms with van der Waals surface area (Å²) in [5.41, 5.74) is 8.59. The monoisotopic (exact) mass is 712 g/mol. The van der Waals surface area contributed by atoms with Crippen molar-refractivity contribution in [3.05, 3.63) is 69.8 Å². The second-order valence-electron chi connectivity index (χ2n) is 13.6. The standard InChI is InChI=1S/C41H48N2O9/c1-42-12-10-22-16-30(44)32(45-3)19-26(22)28(42)15-24-18-33(46-4)35(48-6)21-31(24)52-36-17-23-14-29-37-25(11-13-43(29)2)39(49-7)41(51-9)40(50-8)38(37)27(23)20-34(36)47-5/h16-21,28-29,44H,10-15H2,1-9H3/t28-,29-/m0/s1. The van der Waals surface area contributed by atoms with E-state index in [9.17, 15) is 5.11 Å². The van der Waals surface area contributed by atoms with Gasteiger partial charge in [0, 0.05) is 47.9 Å². The summed E-state index contributed by atoms with van der Waals surface area (Å²) < 4.78 is 47.9. The fourth-order valence-electron chi connectivity index (χ4n) is 8.36. The van der Waals surface area contributed by atoms with Crippen molar-refractivity contribution in [1.29, 1.82) is 0 Å². The number of benzene rings is 4. The number of fused-ring (bicyclic) bond motifs is 3. The van der Waals surface area contributed by atoms with E-state index in [-0.39, 0.29) is 17.8 Å². The van der Waals surface area contributed by atoms with Gasteiger partial charge in [-0.15, -0.1) is 0 Å². The number of likely N-dealkylation sites (N-methyl/N-ethyl adjacent to an activating group) is 2. The zero-order chi connectivity index (χ0) is 36.8. The number of nitrogens with zero attached hydrogens (tertiary/aromatic N) is 2. The fourth-order valence-corrected chi connectivity index (χ4v) is 8.36. The highest BCUT2D eigenvalue weighted by molar-refractivity contribution is 5.87. The van der Waals surface area contributed by atoms with Gasteiger partial charge in [-0.05, 0) is 97.9 Å². The van der Waals surface area contributed by atoms with Gasteiger partial charge in [-0.1, -0.05) is 0 Å². The molecule has 276 valence electrons. The Morgan fingerprint density at radius 1 is 0.615 bits per heavy atom. The highest BCUT2D eigenvalue weighted by atomic mass is 16.5. The molecule has 0 spiro atoms. The maximum Gasteiger partial charge on any atom is 0.204 e. The third-order valence-electron chi connectivity index (χ3n) is 11.0. The van der Waals surface area contributed by atoms with Gasteiger partial charge >= 0.3 is 0 Å². The van der Waals surface area contributed by atoms with Gasteiger partial charge in [-0.2, -0.15) is 0 Å². The molecule has 4 aromatic rings. The van der Waals surface area contributed by atoms with Crippen LogP contribution in [-0.4, -0.2) is 91.9 Å². The van der Waals surface area contributed by atoms with Crippen LogP contribution < -0.4 is 37.9 Å². The molecular formula is C41H48N2O9. The Balaban J connectivity index is 1.36. The van der Waals surface area contributed by atoms with Gasteiger partial charge in [0.15, 0.2) is 46.0 Å². The largest absolute Gasteiger partial charge is 0.504 e. The summed E-state index contributed by atoms with van der Waals surface area (Å²) in [6.07, 6.45) is 3.03. The average Bonchev–Trinajstić information content (AvgIpc) is 3.16. The molecular weight excluding hydrogens is 664 g/mol. The number of hydrogen-bond donors (Lipinski definition) is 1. The van der Waals surface area contributed by atoms with E-state index in [1.54, 1.807) is 49.8 Å². The summed E-state index contributed by atoms with van der Waals surface area (Å²) in [4.78, 5) is 4.71. The van der Waals surface area contributed by atoms with E-state index >= 15 is 0 Å². The second-order valence-corrected chi connectivity index (χ2v) is 13.6. The van der Waals surface area contributed by atoms with Gasteiger partial charge < -0.3 is 43.0 Å². The minimum Gasteiger partial charge on any atom is -0.504 e. The normalized spacial score (nSPS) is 17.7. The van der Waals surface area contributed by atoms with Crippen molar-refractivity contribution in [3.8, 4) is 68.6 Å². The zero-order valence-electron chi connectivity index (χ0n) is 31.5. The third kappa shape index (κ3) is 5.76. The van der Waals surface area contributed by atoms with Gasteiger partial charge in [0.2, 0.25) is 5.75 Å². The lowest BCUT2D eigenvalue weighted by Gasteiger charge is -2.41. The molecule has 0 unspecified atom stereocenters. The van der Waals surface area contributed by atoms with E-state index in [0.717, 1.165) is 77.0 Å². The SMILES string of the molecule is COc1cc2c(cc1O)CCN(C)[C@H]2Cc1cc(OC)c(OC)cc1Oc1cc2c(cc1OC)-c1c(OC)c(OC)c(OC)c3c1[C@H](C2)N(C)CC3. The molecule has 0 aromatic heterocycles. The first-order valence-electron chi connectivity index (χ1n) is 17.5. The quantitative estimate of drug-likeness (QED) is 0.178. The molecule has 0 radical (unpaired) electrons. The molecule has 3 aliphatic rings. The molecule has 2 heterocycles. The lowest BCUT2D eigenvalue weighted by atomic mass is 9.76. The molecule has 0 fully saturated rings. The van der Waals surface area contributed by atoms with Crippen molar-refractivity contribution in [3.63, 3.8) is 0 Å². The summed E-state index contributed by atoms with van der Waals surface area (Å²) in [5.74, 6) is 5.50. The molecule has 0 saturated heterocycles. The van der Waals surface area contributed by atoms with Crippen molar-refractivity contribution in [2.75, 3.05) is 77.0 Å². The Hall–Kier alpha value is -5.00. The van der Waals surface area contributed by atoms with Crippen LogP contribution in [0.25, 0.3) is 11.1 Å². The number of aromatic hydroxyl groups is 1. The lowest BCUT2D eigenvalue weighted by molar-refractivity contribution is 0.222. The number of rotatable bonds is 11. The molecule has 2 atom stereocenters. The maximum atomic E-state index is 10.6. The minimum absolute atomic E-state index is 0.0175. The van der Waals surface area contributed by atoms with Crippen LogP contribution in [0, 0.1) is 0 Å². The van der Waals surface area contributed by atoms with Crippen molar-refractivity contribution < 1.29 is 43.0 Å². The van der Waals surface area contributed by atoms with Crippen molar-refractivity contribution >= 4 is 0 Å². The predicted molar refractivity (Wildman–Crippen MR) is 198 cm³/mol. The van der Waals surface area contributed by atoms with Crippen LogP contribution in [0.3, 0.4) is 0 Å². The highest BCUT2D eigenvalue weighted by Crippen LogP contribution is 2.58. The number of ether oxygens (including phenoxy) is 8. The Morgan fingerprint density at radius 2 is 1.27 bits per heavy atom. The Kier molecular flexibility index (Phi) is 9.67. The number of phenols is 1. The summed E-state index contributed by atoms with van der Waals surface area (Å²) in [7, 11) is 15.8. The lowest BCUT2D eigenvalue weighted by Crippen LogP contribution is -2.36. The first-order valence-corrected chi connectivity index (χ1v) is 17.5. The molecule has 1 aliphatic carbocycles. The first kappa shape index (κ1) is 35.4. The van der Waals surface area contributed by atoms with E-state index in [4.69, 9.17) is 37.9 Å². The summed E-state index contributed by atoms with van der Waals surface area (Å²) in [5, 5.41) is 10.6. The van der Waals surface area contributed by atoms with Crippen LogP contribution in [0.2, 0.25) is 0 Å². The van der Waals surface area contributed by atoms with E-state index < -0.39 is 0 Å². The highest BCUT2D eigenvalue weighted by Gasteiger charge is 2.40. The number of hydrogen-bond acceptors (Lipinski definition) is 11. The predicted octanol–water partition coefficient (Wildman–Crippen LogP) is 6.77. The Morgan fingerprint density at radius 3 is 1.94 bits per heavy atom. The number of phenolic OH excluding ortho intramolecular Hbond substituents is 1. The summed E-state index contributed by atoms with van der Waals surface area (Å²) in [6.45, 7) is 1.72. The molecule has 11 nitrogen and oxygen atoms in total. The number of methoxy groups -OCH3 is 7. The van der Waals surface area contributed by atoms with E-state index in [0.29, 0.717) is 52.4 Å². The van der Waals surface area contributed by atoms with E-state index in [1.807, 2.05) is 30.3 Å². The van der Waals surface area contributed by atoms with Gasteiger partial charge in [0.25, 0.3) is 0 Å². The molecule has 0 amide bonds. The topological polar surface area (TPSA) is 101 Å². The summed E-state index contributed by atoms with van der Waals surface area (Å²) in [6, 6.07) is 11.9. The van der Waals surface area contributed by atoms with E-state index in [1.165, 1.54) is 5.56 Å². The van der Waals surface area contributed by atoms with Gasteiger partial charge in [0.05, 0.1) is 49.8 Å². The van der Waals surface area contributed by atoms with Gasteiger partial charge in [0.1, 0.15) is 5.75 Å². The maximum absolute atomic E-state index is 10.6. The molecule has 52 heavy (non-hydrogen) atoms. The Labute approximate surface area is 305 Å². The first-order chi connectivity index (χ1) is 25.2. The molecule has 7 rings (SSSR count). The summed E-state index contributed by atoms with van der Waals surface area (Å²) >= 11 is 0. The molecule has 0 bridgehead atoms. The van der Waals surface area contributed by atoms with Crippen molar-refractivity contribution in [2.45, 2.75) is 37.8 Å². The van der Waals surface area contributed by atoms with Gasteiger partial charge in [-0.25, -0.2) is 0 Å². The molecule has 11 heteroatoms. The van der Waals surface area contributed by atoms with Crippen LogP contribution >= 0.6 is 0 Å². The Bertz CT molecular complexity index is 2010. The average molecular weight is 713 g/mol. The van der Waals surface area contributed by atoms with Crippen LogP contribution in [0.4, 0.5) is 0 Å².